The zero-order valence-electron chi connectivity index (χ0n) is 12.3. The van der Waals surface area contributed by atoms with Crippen molar-refractivity contribution in [2.75, 3.05) is 33.4 Å². The number of hydrogen-bond acceptors (Lipinski definition) is 2. The Labute approximate surface area is 141 Å². The number of ether oxygens (including phenoxy) is 1. The van der Waals surface area contributed by atoms with Crippen molar-refractivity contribution in [1.29, 1.82) is 0 Å². The van der Waals surface area contributed by atoms with Gasteiger partial charge in [-0.3, -0.25) is 4.99 Å². The van der Waals surface area contributed by atoms with Crippen LogP contribution in [-0.4, -0.2) is 39.3 Å². The minimum atomic E-state index is -0.556. The van der Waals surface area contributed by atoms with Gasteiger partial charge in [-0.2, -0.15) is 0 Å². The van der Waals surface area contributed by atoms with Crippen molar-refractivity contribution in [1.82, 2.24) is 10.6 Å². The molecular formula is C14H22F2IN3O. The molecule has 2 N–H and O–H groups in total. The zero-order chi connectivity index (χ0) is 14.8. The average molecular weight is 413 g/mol. The molecule has 7 heteroatoms. The van der Waals surface area contributed by atoms with Crippen LogP contribution in [0.25, 0.3) is 0 Å². The van der Waals surface area contributed by atoms with E-state index in [2.05, 4.69) is 15.6 Å². The summed E-state index contributed by atoms with van der Waals surface area (Å²) >= 11 is 0. The lowest BCUT2D eigenvalue weighted by Gasteiger charge is -2.11. The van der Waals surface area contributed by atoms with Gasteiger partial charge in [0.05, 0.1) is 6.61 Å². The van der Waals surface area contributed by atoms with Gasteiger partial charge in [0.2, 0.25) is 0 Å². The van der Waals surface area contributed by atoms with Crippen LogP contribution < -0.4 is 10.6 Å². The molecule has 1 aromatic carbocycles. The monoisotopic (exact) mass is 413 g/mol. The summed E-state index contributed by atoms with van der Waals surface area (Å²) in [5.41, 5.74) is 0.611. The molecule has 0 saturated carbocycles. The molecular weight excluding hydrogens is 391 g/mol. The van der Waals surface area contributed by atoms with Crippen molar-refractivity contribution in [2.45, 2.75) is 13.3 Å². The number of guanidine groups is 1. The summed E-state index contributed by atoms with van der Waals surface area (Å²) in [6, 6.07) is 3.53. The van der Waals surface area contributed by atoms with E-state index in [4.69, 9.17) is 4.74 Å². The second-order valence-electron chi connectivity index (χ2n) is 4.15. The lowest BCUT2D eigenvalue weighted by molar-refractivity contribution is 0.152. The minimum absolute atomic E-state index is 0. The number of nitrogens with zero attached hydrogens (tertiary/aromatic N) is 1. The number of hydrogen-bond donors (Lipinski definition) is 2. The quantitative estimate of drug-likeness (QED) is 0.312. The molecule has 0 aliphatic rings. The van der Waals surface area contributed by atoms with Crippen LogP contribution >= 0.6 is 24.0 Å². The Hall–Kier alpha value is -0.960. The van der Waals surface area contributed by atoms with Crippen molar-refractivity contribution in [3.05, 3.63) is 35.4 Å². The standard InChI is InChI=1S/C14H21F2N3O.HI/c1-3-20-7-6-19-14(17-2)18-5-4-11-8-12(15)10-13(16)9-11;/h8-10H,3-7H2,1-2H3,(H2,17,18,19);1H. The summed E-state index contributed by atoms with van der Waals surface area (Å²) in [5.74, 6) is -0.472. The van der Waals surface area contributed by atoms with Crippen LogP contribution in [0, 0.1) is 11.6 Å². The van der Waals surface area contributed by atoms with Crippen LogP contribution in [0.15, 0.2) is 23.2 Å². The van der Waals surface area contributed by atoms with Crippen molar-refractivity contribution >= 4 is 29.9 Å². The highest BCUT2D eigenvalue weighted by Gasteiger charge is 2.01. The topological polar surface area (TPSA) is 45.6 Å². The number of aliphatic imine (C=N–C) groups is 1. The highest BCUT2D eigenvalue weighted by Crippen LogP contribution is 2.07. The van der Waals surface area contributed by atoms with E-state index in [1.807, 2.05) is 6.92 Å². The van der Waals surface area contributed by atoms with Gasteiger partial charge >= 0.3 is 0 Å². The summed E-state index contributed by atoms with van der Waals surface area (Å²) in [6.07, 6.45) is 0.515. The van der Waals surface area contributed by atoms with Crippen LogP contribution in [0.5, 0.6) is 0 Å². The predicted molar refractivity (Wildman–Crippen MR) is 91.3 cm³/mol. The van der Waals surface area contributed by atoms with Crippen molar-refractivity contribution in [3.63, 3.8) is 0 Å². The molecule has 0 aliphatic carbocycles. The van der Waals surface area contributed by atoms with Crippen LogP contribution in [0.3, 0.4) is 0 Å². The first kappa shape index (κ1) is 20.0. The van der Waals surface area contributed by atoms with Gasteiger partial charge in [0, 0.05) is 32.8 Å². The third-order valence-electron chi connectivity index (χ3n) is 2.60. The molecule has 0 saturated heterocycles. The van der Waals surface area contributed by atoms with Crippen LogP contribution in [0.2, 0.25) is 0 Å². The summed E-state index contributed by atoms with van der Waals surface area (Å²) in [6.45, 7) is 4.41. The summed E-state index contributed by atoms with van der Waals surface area (Å²) < 4.78 is 31.2. The lowest BCUT2D eigenvalue weighted by Crippen LogP contribution is -2.39. The minimum Gasteiger partial charge on any atom is -0.380 e. The molecule has 0 bridgehead atoms. The second-order valence-corrected chi connectivity index (χ2v) is 4.15. The van der Waals surface area contributed by atoms with E-state index in [-0.39, 0.29) is 24.0 Å². The van der Waals surface area contributed by atoms with E-state index in [1.54, 1.807) is 7.05 Å². The van der Waals surface area contributed by atoms with E-state index in [1.165, 1.54) is 12.1 Å². The van der Waals surface area contributed by atoms with Crippen molar-refractivity contribution < 1.29 is 13.5 Å². The summed E-state index contributed by atoms with van der Waals surface area (Å²) in [5, 5.41) is 6.15. The fourth-order valence-corrected chi connectivity index (χ4v) is 1.69. The Morgan fingerprint density at radius 2 is 1.76 bits per heavy atom. The zero-order valence-corrected chi connectivity index (χ0v) is 14.6. The fraction of sp³-hybridized carbons (Fsp3) is 0.500. The molecule has 0 fully saturated rings. The third kappa shape index (κ3) is 8.82. The Morgan fingerprint density at radius 3 is 2.33 bits per heavy atom. The molecule has 0 spiro atoms. The lowest BCUT2D eigenvalue weighted by atomic mass is 10.1. The maximum atomic E-state index is 13.0. The van der Waals surface area contributed by atoms with E-state index < -0.39 is 11.6 Å². The summed E-state index contributed by atoms with van der Waals surface area (Å²) in [4.78, 5) is 4.04. The summed E-state index contributed by atoms with van der Waals surface area (Å²) in [7, 11) is 1.66. The molecule has 0 aromatic heterocycles. The smallest absolute Gasteiger partial charge is 0.191 e. The number of halogens is 3. The first-order valence-electron chi connectivity index (χ1n) is 6.63. The fourth-order valence-electron chi connectivity index (χ4n) is 1.69. The molecule has 0 radical (unpaired) electrons. The molecule has 0 atom stereocenters. The largest absolute Gasteiger partial charge is 0.380 e. The molecule has 21 heavy (non-hydrogen) atoms. The highest BCUT2D eigenvalue weighted by molar-refractivity contribution is 14.0. The maximum absolute atomic E-state index is 13.0. The number of rotatable bonds is 7. The molecule has 1 aromatic rings. The van der Waals surface area contributed by atoms with E-state index in [0.717, 1.165) is 6.07 Å². The second kappa shape index (κ2) is 11.7. The van der Waals surface area contributed by atoms with Gasteiger partial charge in [0.15, 0.2) is 5.96 Å². The van der Waals surface area contributed by atoms with Gasteiger partial charge in [-0.05, 0) is 31.0 Å². The third-order valence-corrected chi connectivity index (χ3v) is 2.60. The molecule has 1 rings (SSSR count). The van der Waals surface area contributed by atoms with Gasteiger partial charge in [-0.15, -0.1) is 24.0 Å². The Morgan fingerprint density at radius 1 is 1.14 bits per heavy atom. The first-order valence-corrected chi connectivity index (χ1v) is 6.63. The Kier molecular flexibility index (Phi) is 11.1. The van der Waals surface area contributed by atoms with Gasteiger partial charge in [0.1, 0.15) is 11.6 Å². The van der Waals surface area contributed by atoms with Crippen molar-refractivity contribution in [3.8, 4) is 0 Å². The molecule has 0 amide bonds. The SMILES string of the molecule is CCOCCNC(=NC)NCCc1cc(F)cc(F)c1.I. The van der Waals surface area contributed by atoms with Gasteiger partial charge in [-0.25, -0.2) is 8.78 Å². The average Bonchev–Trinajstić information content (AvgIpc) is 2.40. The van der Waals surface area contributed by atoms with Gasteiger partial charge in [-0.1, -0.05) is 0 Å². The molecule has 120 valence electrons. The Balaban J connectivity index is 0.00000400. The highest BCUT2D eigenvalue weighted by atomic mass is 127. The number of nitrogens with one attached hydrogen (secondary N) is 2. The van der Waals surface area contributed by atoms with Crippen molar-refractivity contribution in [2.24, 2.45) is 4.99 Å². The molecule has 0 aliphatic heterocycles. The van der Waals surface area contributed by atoms with Gasteiger partial charge in [0.25, 0.3) is 0 Å². The van der Waals surface area contributed by atoms with Crippen LogP contribution in [-0.2, 0) is 11.2 Å². The maximum Gasteiger partial charge on any atom is 0.191 e. The van der Waals surface area contributed by atoms with E-state index in [0.29, 0.717) is 44.2 Å². The molecule has 0 unspecified atom stereocenters. The normalized spacial score (nSPS) is 11.0. The van der Waals surface area contributed by atoms with Gasteiger partial charge < -0.3 is 15.4 Å². The number of benzene rings is 1. The predicted octanol–water partition coefficient (Wildman–Crippen LogP) is 2.33. The first-order chi connectivity index (χ1) is 9.65. The molecule has 0 heterocycles. The van der Waals surface area contributed by atoms with Crippen LogP contribution in [0.4, 0.5) is 8.78 Å². The molecule has 4 nitrogen and oxygen atoms in total. The van der Waals surface area contributed by atoms with E-state index in [9.17, 15) is 8.78 Å². The van der Waals surface area contributed by atoms with E-state index >= 15 is 0 Å². The Bertz CT molecular complexity index is 424. The van der Waals surface area contributed by atoms with Crippen LogP contribution in [0.1, 0.15) is 12.5 Å².